The molecule has 2 rings (SSSR count). The van der Waals surface area contributed by atoms with E-state index in [1.807, 2.05) is 12.1 Å². The number of nitrogens with one attached hydrogen (secondary N) is 2. The number of aromatic nitrogens is 1. The molecule has 0 unspecified atom stereocenters. The van der Waals surface area contributed by atoms with Gasteiger partial charge in [-0.05, 0) is 42.9 Å². The van der Waals surface area contributed by atoms with Crippen LogP contribution in [0.15, 0.2) is 39.5 Å². The number of nitrogens with zero attached hydrogens (tertiary/aromatic N) is 2. The van der Waals surface area contributed by atoms with Gasteiger partial charge >= 0.3 is 0 Å². The monoisotopic (exact) mass is 508 g/mol. The van der Waals surface area contributed by atoms with Gasteiger partial charge in [0.1, 0.15) is 5.82 Å². The highest BCUT2D eigenvalue weighted by Gasteiger charge is 2.02. The smallest absolute Gasteiger partial charge is 0.190 e. The van der Waals surface area contributed by atoms with Crippen LogP contribution in [-0.4, -0.2) is 36.8 Å². The van der Waals surface area contributed by atoms with Gasteiger partial charge in [-0.25, -0.2) is 9.37 Å². The minimum Gasteiger partial charge on any atom is -0.356 e. The van der Waals surface area contributed by atoms with Gasteiger partial charge in [0.25, 0.3) is 0 Å². The Morgan fingerprint density at radius 1 is 1.23 bits per heavy atom. The van der Waals surface area contributed by atoms with Crippen LogP contribution in [-0.2, 0) is 12.8 Å². The van der Waals surface area contributed by atoms with Crippen LogP contribution in [0.3, 0.4) is 0 Å². The lowest BCUT2D eigenvalue weighted by Gasteiger charge is -2.11. The number of halogens is 2. The maximum atomic E-state index is 12.8. The van der Waals surface area contributed by atoms with Crippen LogP contribution in [0.25, 0.3) is 0 Å². The molecule has 26 heavy (non-hydrogen) atoms. The summed E-state index contributed by atoms with van der Waals surface area (Å²) >= 11 is 3.46. The zero-order valence-corrected chi connectivity index (χ0v) is 19.1. The summed E-state index contributed by atoms with van der Waals surface area (Å²) < 4.78 is 12.8. The zero-order valence-electron chi connectivity index (χ0n) is 15.1. The first-order valence-electron chi connectivity index (χ1n) is 8.47. The molecule has 0 atom stereocenters. The largest absolute Gasteiger partial charge is 0.356 e. The molecule has 0 fully saturated rings. The Morgan fingerprint density at radius 2 is 1.96 bits per heavy atom. The molecule has 4 nitrogen and oxygen atoms in total. The molecule has 0 bridgehead atoms. The van der Waals surface area contributed by atoms with E-state index in [2.05, 4.69) is 32.9 Å². The third kappa shape index (κ3) is 8.68. The summed E-state index contributed by atoms with van der Waals surface area (Å²) in [5.41, 5.74) is 1.14. The van der Waals surface area contributed by atoms with Crippen LogP contribution in [0.4, 0.5) is 4.39 Å². The Bertz CT molecular complexity index is 661. The van der Waals surface area contributed by atoms with Crippen LogP contribution in [0.1, 0.15) is 24.0 Å². The number of thiazole rings is 1. The van der Waals surface area contributed by atoms with Crippen molar-refractivity contribution in [3.63, 3.8) is 0 Å². The summed E-state index contributed by atoms with van der Waals surface area (Å²) in [7, 11) is 1.78. The number of thioether (sulfide) groups is 1. The van der Waals surface area contributed by atoms with E-state index in [0.717, 1.165) is 54.7 Å². The number of guanidine groups is 1. The fraction of sp³-hybridized carbons (Fsp3) is 0.444. The standard InChI is InChI=1S/C18H25FN4S2.HI/c1-3-17-23-15(13-25-17)9-11-22-18(20-2)21-10-4-12-24-16-7-5-14(19)6-8-16;/h5-8,13H,3-4,9-12H2,1-2H3,(H2,20,21,22);1H. The zero-order chi connectivity index (χ0) is 17.9. The highest BCUT2D eigenvalue weighted by atomic mass is 127. The van der Waals surface area contributed by atoms with Crippen LogP contribution < -0.4 is 10.6 Å². The molecule has 2 N–H and O–H groups in total. The van der Waals surface area contributed by atoms with Crippen molar-refractivity contribution in [3.05, 3.63) is 46.2 Å². The van der Waals surface area contributed by atoms with E-state index in [1.165, 1.54) is 17.1 Å². The molecule has 1 aromatic carbocycles. The van der Waals surface area contributed by atoms with Crippen LogP contribution in [0.2, 0.25) is 0 Å². The van der Waals surface area contributed by atoms with E-state index in [9.17, 15) is 4.39 Å². The van der Waals surface area contributed by atoms with Gasteiger partial charge in [0, 0.05) is 36.8 Å². The third-order valence-corrected chi connectivity index (χ3v) is 5.64. The molecule has 0 aliphatic carbocycles. The molecular formula is C18H26FIN4S2. The average molecular weight is 508 g/mol. The fourth-order valence-electron chi connectivity index (χ4n) is 2.16. The van der Waals surface area contributed by atoms with Crippen molar-refractivity contribution < 1.29 is 4.39 Å². The van der Waals surface area contributed by atoms with E-state index in [1.54, 1.807) is 30.1 Å². The SMILES string of the molecule is CCc1nc(CCNC(=NC)NCCCSc2ccc(F)cc2)cs1.I. The second-order valence-corrected chi connectivity index (χ2v) is 7.53. The normalized spacial score (nSPS) is 11.1. The lowest BCUT2D eigenvalue weighted by atomic mass is 10.3. The highest BCUT2D eigenvalue weighted by Crippen LogP contribution is 2.18. The minimum atomic E-state index is -0.190. The summed E-state index contributed by atoms with van der Waals surface area (Å²) in [4.78, 5) is 9.89. The molecule has 8 heteroatoms. The van der Waals surface area contributed by atoms with Crippen molar-refractivity contribution in [2.24, 2.45) is 4.99 Å². The summed E-state index contributed by atoms with van der Waals surface area (Å²) in [5.74, 6) is 1.61. The van der Waals surface area contributed by atoms with Gasteiger partial charge in [-0.3, -0.25) is 4.99 Å². The molecule has 2 aromatic rings. The molecule has 0 saturated carbocycles. The number of hydrogen-bond acceptors (Lipinski definition) is 4. The lowest BCUT2D eigenvalue weighted by Crippen LogP contribution is -2.38. The van der Waals surface area contributed by atoms with Gasteiger partial charge in [0.2, 0.25) is 0 Å². The van der Waals surface area contributed by atoms with Crippen LogP contribution in [0.5, 0.6) is 0 Å². The van der Waals surface area contributed by atoms with Gasteiger partial charge in [-0.15, -0.1) is 47.1 Å². The maximum Gasteiger partial charge on any atom is 0.190 e. The summed E-state index contributed by atoms with van der Waals surface area (Å²) in [6, 6.07) is 6.63. The topological polar surface area (TPSA) is 49.3 Å². The Morgan fingerprint density at radius 3 is 2.62 bits per heavy atom. The van der Waals surface area contributed by atoms with Crippen molar-refractivity contribution in [2.45, 2.75) is 31.1 Å². The predicted octanol–water partition coefficient (Wildman–Crippen LogP) is 4.35. The molecule has 0 aliphatic heterocycles. The third-order valence-electron chi connectivity index (χ3n) is 3.49. The van der Waals surface area contributed by atoms with Crippen molar-refractivity contribution in [2.75, 3.05) is 25.9 Å². The van der Waals surface area contributed by atoms with Crippen LogP contribution in [0, 0.1) is 5.82 Å². The molecule has 0 aliphatic rings. The van der Waals surface area contributed by atoms with E-state index >= 15 is 0 Å². The molecule has 1 heterocycles. The minimum absolute atomic E-state index is 0. The second-order valence-electron chi connectivity index (χ2n) is 5.42. The molecule has 0 radical (unpaired) electrons. The Hall–Kier alpha value is -0.870. The van der Waals surface area contributed by atoms with E-state index in [-0.39, 0.29) is 29.8 Å². The van der Waals surface area contributed by atoms with E-state index < -0.39 is 0 Å². The van der Waals surface area contributed by atoms with E-state index in [0.29, 0.717) is 0 Å². The molecule has 0 amide bonds. The van der Waals surface area contributed by atoms with Crippen LogP contribution >= 0.6 is 47.1 Å². The Labute approximate surface area is 180 Å². The molecule has 0 spiro atoms. The quantitative estimate of drug-likeness (QED) is 0.174. The fourth-order valence-corrected chi connectivity index (χ4v) is 3.79. The number of benzene rings is 1. The van der Waals surface area contributed by atoms with Gasteiger partial charge < -0.3 is 10.6 Å². The number of aryl methyl sites for hydroxylation is 1. The maximum absolute atomic E-state index is 12.8. The summed E-state index contributed by atoms with van der Waals surface area (Å²) in [5, 5.41) is 9.95. The van der Waals surface area contributed by atoms with Gasteiger partial charge in [0.15, 0.2) is 5.96 Å². The Balaban J connectivity index is 0.00000338. The molecular weight excluding hydrogens is 482 g/mol. The first-order valence-corrected chi connectivity index (χ1v) is 10.3. The molecule has 1 aromatic heterocycles. The summed E-state index contributed by atoms with van der Waals surface area (Å²) in [6.07, 6.45) is 2.91. The number of aliphatic imine (C=N–C) groups is 1. The van der Waals surface area contributed by atoms with Crippen molar-refractivity contribution >= 4 is 53.0 Å². The van der Waals surface area contributed by atoms with Crippen molar-refractivity contribution in [1.29, 1.82) is 0 Å². The first-order chi connectivity index (χ1) is 12.2. The first kappa shape index (κ1) is 23.2. The Kier molecular flexibility index (Phi) is 11.9. The van der Waals surface area contributed by atoms with Gasteiger partial charge in [0.05, 0.1) is 10.7 Å². The predicted molar refractivity (Wildman–Crippen MR) is 122 cm³/mol. The summed E-state index contributed by atoms with van der Waals surface area (Å²) in [6.45, 7) is 3.79. The number of hydrogen-bond donors (Lipinski definition) is 2. The van der Waals surface area contributed by atoms with Crippen molar-refractivity contribution in [3.8, 4) is 0 Å². The molecule has 0 saturated heterocycles. The highest BCUT2D eigenvalue weighted by molar-refractivity contribution is 14.0. The average Bonchev–Trinajstić information content (AvgIpc) is 3.09. The van der Waals surface area contributed by atoms with E-state index in [4.69, 9.17) is 0 Å². The second kappa shape index (κ2) is 13.3. The lowest BCUT2D eigenvalue weighted by molar-refractivity contribution is 0.626. The van der Waals surface area contributed by atoms with Gasteiger partial charge in [-0.1, -0.05) is 6.92 Å². The van der Waals surface area contributed by atoms with Crippen molar-refractivity contribution in [1.82, 2.24) is 15.6 Å². The molecule has 144 valence electrons. The number of rotatable bonds is 9. The van der Waals surface area contributed by atoms with Gasteiger partial charge in [-0.2, -0.15) is 0 Å².